The summed E-state index contributed by atoms with van der Waals surface area (Å²) in [6.07, 6.45) is 0. The minimum absolute atomic E-state index is 0.445. The molecule has 18 heavy (non-hydrogen) atoms. The zero-order valence-corrected chi connectivity index (χ0v) is 11.1. The van der Waals surface area contributed by atoms with Crippen LogP contribution in [0.15, 0.2) is 35.0 Å². The third kappa shape index (κ3) is 1.94. The van der Waals surface area contributed by atoms with Crippen LogP contribution in [-0.2, 0) is 0 Å². The monoisotopic (exact) mass is 276 g/mol. The van der Waals surface area contributed by atoms with E-state index in [2.05, 4.69) is 9.97 Å². The first kappa shape index (κ1) is 11.4. The minimum Gasteiger partial charge on any atom is -0.497 e. The van der Waals surface area contributed by atoms with Crippen molar-refractivity contribution in [3.05, 3.63) is 40.2 Å². The van der Waals surface area contributed by atoms with Crippen LogP contribution in [0.25, 0.3) is 22.3 Å². The Kier molecular flexibility index (Phi) is 2.89. The molecule has 0 radical (unpaired) electrons. The summed E-state index contributed by atoms with van der Waals surface area (Å²) >= 11 is 7.81. The fourth-order valence-electron chi connectivity index (χ4n) is 1.72. The molecule has 0 fully saturated rings. The van der Waals surface area contributed by atoms with Crippen LogP contribution in [0, 0.1) is 0 Å². The summed E-state index contributed by atoms with van der Waals surface area (Å²) in [5.41, 5.74) is 1.80. The number of methoxy groups -OCH3 is 1. The van der Waals surface area contributed by atoms with Gasteiger partial charge in [0.25, 0.3) is 0 Å². The molecule has 90 valence electrons. The van der Waals surface area contributed by atoms with Crippen LogP contribution in [0.3, 0.4) is 0 Å². The third-order valence-corrected chi connectivity index (χ3v) is 3.61. The Balaban J connectivity index is 2.22. The van der Waals surface area contributed by atoms with E-state index in [-0.39, 0.29) is 0 Å². The van der Waals surface area contributed by atoms with E-state index >= 15 is 0 Å². The number of rotatable bonds is 2. The topological polar surface area (TPSA) is 35.0 Å². The van der Waals surface area contributed by atoms with E-state index in [0.29, 0.717) is 11.0 Å². The van der Waals surface area contributed by atoms with Gasteiger partial charge in [-0.3, -0.25) is 0 Å². The molecule has 2 heterocycles. The molecular formula is C13H9ClN2OS. The van der Waals surface area contributed by atoms with Gasteiger partial charge in [-0.25, -0.2) is 9.97 Å². The maximum Gasteiger partial charge on any atom is 0.162 e. The molecule has 0 atom stereocenters. The fourth-order valence-corrected chi connectivity index (χ4v) is 2.58. The summed E-state index contributed by atoms with van der Waals surface area (Å²) in [6, 6.07) is 7.57. The molecule has 0 unspecified atom stereocenters. The van der Waals surface area contributed by atoms with E-state index in [9.17, 15) is 0 Å². The van der Waals surface area contributed by atoms with Gasteiger partial charge >= 0.3 is 0 Å². The first-order valence-electron chi connectivity index (χ1n) is 5.32. The average molecular weight is 277 g/mol. The summed E-state index contributed by atoms with van der Waals surface area (Å²) in [6.45, 7) is 0. The molecular weight excluding hydrogens is 268 g/mol. The van der Waals surface area contributed by atoms with Gasteiger partial charge in [-0.05, 0) is 29.6 Å². The van der Waals surface area contributed by atoms with Gasteiger partial charge in [-0.1, -0.05) is 11.6 Å². The zero-order valence-electron chi connectivity index (χ0n) is 9.55. The van der Waals surface area contributed by atoms with Crippen molar-refractivity contribution in [3.8, 4) is 17.1 Å². The van der Waals surface area contributed by atoms with Gasteiger partial charge in [-0.2, -0.15) is 11.3 Å². The predicted octanol–water partition coefficient (Wildman–Crippen LogP) is 4.02. The first-order chi connectivity index (χ1) is 8.78. The van der Waals surface area contributed by atoms with Gasteiger partial charge in [0.15, 0.2) is 5.82 Å². The van der Waals surface area contributed by atoms with Crippen molar-refractivity contribution >= 4 is 33.8 Å². The largest absolute Gasteiger partial charge is 0.497 e. The van der Waals surface area contributed by atoms with Gasteiger partial charge < -0.3 is 4.74 Å². The van der Waals surface area contributed by atoms with Crippen LogP contribution < -0.4 is 4.74 Å². The van der Waals surface area contributed by atoms with Crippen LogP contribution in [0.2, 0.25) is 5.15 Å². The highest BCUT2D eigenvalue weighted by molar-refractivity contribution is 7.08. The normalized spacial score (nSPS) is 10.8. The van der Waals surface area contributed by atoms with E-state index < -0.39 is 0 Å². The number of halogens is 1. The second-order valence-corrected chi connectivity index (χ2v) is 4.87. The lowest BCUT2D eigenvalue weighted by molar-refractivity contribution is 0.415. The molecule has 1 aromatic carbocycles. The van der Waals surface area contributed by atoms with Gasteiger partial charge in [-0.15, -0.1) is 0 Å². The van der Waals surface area contributed by atoms with E-state index in [1.165, 1.54) is 0 Å². The second kappa shape index (κ2) is 4.55. The molecule has 2 aromatic heterocycles. The highest BCUT2D eigenvalue weighted by atomic mass is 35.5. The standard InChI is InChI=1S/C13H9ClN2OS/c1-17-9-2-3-11-10(6-9)12(14)16-13(15-11)8-4-5-18-7-8/h2-7H,1H3. The molecule has 0 aliphatic carbocycles. The van der Waals surface area contributed by atoms with Crippen molar-refractivity contribution in [1.29, 1.82) is 0 Å². The highest BCUT2D eigenvalue weighted by Crippen LogP contribution is 2.28. The lowest BCUT2D eigenvalue weighted by Crippen LogP contribution is -1.91. The smallest absolute Gasteiger partial charge is 0.162 e. The SMILES string of the molecule is COc1ccc2nc(-c3ccsc3)nc(Cl)c2c1. The zero-order chi connectivity index (χ0) is 12.5. The Morgan fingerprint density at radius 1 is 1.22 bits per heavy atom. The van der Waals surface area contributed by atoms with Crippen LogP contribution in [0.5, 0.6) is 5.75 Å². The number of aromatic nitrogens is 2. The number of ether oxygens (including phenoxy) is 1. The second-order valence-electron chi connectivity index (χ2n) is 3.73. The predicted molar refractivity (Wildman–Crippen MR) is 74.4 cm³/mol. The van der Waals surface area contributed by atoms with E-state index in [0.717, 1.165) is 22.2 Å². The van der Waals surface area contributed by atoms with Crippen LogP contribution in [0.1, 0.15) is 0 Å². The lowest BCUT2D eigenvalue weighted by Gasteiger charge is -2.05. The average Bonchev–Trinajstić information content (AvgIpc) is 2.92. The van der Waals surface area contributed by atoms with Gasteiger partial charge in [0, 0.05) is 16.3 Å². The lowest BCUT2D eigenvalue weighted by atomic mass is 10.2. The molecule has 3 rings (SSSR count). The van der Waals surface area contributed by atoms with Crippen molar-refractivity contribution < 1.29 is 4.74 Å². The van der Waals surface area contributed by atoms with E-state index in [1.807, 2.05) is 35.0 Å². The van der Waals surface area contributed by atoms with Crippen LogP contribution in [-0.4, -0.2) is 17.1 Å². The minimum atomic E-state index is 0.445. The molecule has 5 heteroatoms. The molecule has 0 bridgehead atoms. The Labute approximate surface area is 113 Å². The number of hydrogen-bond donors (Lipinski definition) is 0. The van der Waals surface area contributed by atoms with Crippen LogP contribution >= 0.6 is 22.9 Å². The van der Waals surface area contributed by atoms with Crippen molar-refractivity contribution in [3.63, 3.8) is 0 Å². The first-order valence-corrected chi connectivity index (χ1v) is 6.64. The van der Waals surface area contributed by atoms with Gasteiger partial charge in [0.2, 0.25) is 0 Å². The van der Waals surface area contributed by atoms with Gasteiger partial charge in [0.05, 0.1) is 12.6 Å². The van der Waals surface area contributed by atoms with Crippen molar-refractivity contribution in [1.82, 2.24) is 9.97 Å². The maximum absolute atomic E-state index is 6.20. The number of thiophene rings is 1. The van der Waals surface area contributed by atoms with Gasteiger partial charge in [0.1, 0.15) is 10.9 Å². The van der Waals surface area contributed by atoms with E-state index in [4.69, 9.17) is 16.3 Å². The maximum atomic E-state index is 6.20. The van der Waals surface area contributed by atoms with E-state index in [1.54, 1.807) is 18.4 Å². The summed E-state index contributed by atoms with van der Waals surface area (Å²) < 4.78 is 5.17. The summed E-state index contributed by atoms with van der Waals surface area (Å²) in [5.74, 6) is 1.40. The Hall–Kier alpha value is -1.65. The Morgan fingerprint density at radius 2 is 2.11 bits per heavy atom. The molecule has 3 nitrogen and oxygen atoms in total. The Morgan fingerprint density at radius 3 is 2.83 bits per heavy atom. The number of fused-ring (bicyclic) bond motifs is 1. The molecule has 0 spiro atoms. The summed E-state index contributed by atoms with van der Waals surface area (Å²) in [4.78, 5) is 8.83. The van der Waals surface area contributed by atoms with Crippen molar-refractivity contribution in [2.24, 2.45) is 0 Å². The fraction of sp³-hybridized carbons (Fsp3) is 0.0769. The number of hydrogen-bond acceptors (Lipinski definition) is 4. The highest BCUT2D eigenvalue weighted by Gasteiger charge is 2.09. The molecule has 0 saturated carbocycles. The van der Waals surface area contributed by atoms with Crippen molar-refractivity contribution in [2.45, 2.75) is 0 Å². The number of benzene rings is 1. The molecule has 0 aliphatic heterocycles. The molecule has 0 saturated heterocycles. The molecule has 3 aromatic rings. The quantitative estimate of drug-likeness (QED) is 0.663. The van der Waals surface area contributed by atoms with Crippen molar-refractivity contribution in [2.75, 3.05) is 7.11 Å². The van der Waals surface area contributed by atoms with Crippen LogP contribution in [0.4, 0.5) is 0 Å². The molecule has 0 N–H and O–H groups in total. The Bertz CT molecular complexity index is 698. The molecule has 0 aliphatic rings. The summed E-state index contributed by atoms with van der Waals surface area (Å²) in [7, 11) is 1.62. The third-order valence-electron chi connectivity index (χ3n) is 2.64. The molecule has 0 amide bonds. The summed E-state index contributed by atoms with van der Waals surface area (Å²) in [5, 5.41) is 5.24. The number of nitrogens with zero attached hydrogens (tertiary/aromatic N) is 2.